The maximum atomic E-state index is 5.88. The average molecular weight is 461 g/mol. The van der Waals surface area contributed by atoms with Gasteiger partial charge in [0.1, 0.15) is 17.4 Å². The summed E-state index contributed by atoms with van der Waals surface area (Å²) in [6.45, 7) is 2.17. The number of thiazole rings is 1. The molecule has 6 heteroatoms. The van der Waals surface area contributed by atoms with Gasteiger partial charge in [0, 0.05) is 12.7 Å². The Morgan fingerprint density at radius 1 is 0.848 bits per heavy atom. The Balaban J connectivity index is 1.25. The second-order valence-corrected chi connectivity index (χ2v) is 8.65. The fourth-order valence-electron chi connectivity index (χ4n) is 3.45. The highest BCUT2D eigenvalue weighted by Crippen LogP contribution is 2.29. The lowest BCUT2D eigenvalue weighted by atomic mass is 10.1. The molecule has 0 aliphatic heterocycles. The van der Waals surface area contributed by atoms with Crippen molar-refractivity contribution in [1.82, 2.24) is 10.3 Å². The van der Waals surface area contributed by atoms with Crippen LogP contribution in [-0.2, 0) is 19.6 Å². The molecule has 3 aromatic carbocycles. The molecule has 1 heterocycles. The first kappa shape index (κ1) is 22.8. The first-order valence-corrected chi connectivity index (χ1v) is 11.7. The van der Waals surface area contributed by atoms with Crippen molar-refractivity contribution in [2.45, 2.75) is 19.6 Å². The highest BCUT2D eigenvalue weighted by atomic mass is 32.1. The molecule has 4 aromatic rings. The highest BCUT2D eigenvalue weighted by molar-refractivity contribution is 7.15. The van der Waals surface area contributed by atoms with Gasteiger partial charge in [-0.1, -0.05) is 36.4 Å². The van der Waals surface area contributed by atoms with E-state index in [4.69, 9.17) is 14.2 Å². The van der Waals surface area contributed by atoms with Gasteiger partial charge in [0.25, 0.3) is 0 Å². The predicted octanol–water partition coefficient (Wildman–Crippen LogP) is 5.74. The number of hydrogen-bond donors (Lipinski definition) is 1. The Bertz CT molecular complexity index is 1140. The molecule has 4 rings (SSSR count). The van der Waals surface area contributed by atoms with Gasteiger partial charge in [0.15, 0.2) is 11.5 Å². The largest absolute Gasteiger partial charge is 0.493 e. The van der Waals surface area contributed by atoms with E-state index in [1.165, 1.54) is 5.56 Å². The molecule has 0 unspecified atom stereocenters. The minimum absolute atomic E-state index is 0.569. The quantitative estimate of drug-likeness (QED) is 0.289. The third-order valence-electron chi connectivity index (χ3n) is 5.26. The van der Waals surface area contributed by atoms with E-state index in [1.807, 2.05) is 48.7 Å². The van der Waals surface area contributed by atoms with Crippen LogP contribution in [0.15, 0.2) is 79.0 Å². The molecule has 170 valence electrons. The lowest BCUT2D eigenvalue weighted by molar-refractivity contribution is 0.306. The second kappa shape index (κ2) is 11.5. The first-order valence-electron chi connectivity index (χ1n) is 10.9. The molecule has 0 radical (unpaired) electrons. The lowest BCUT2D eigenvalue weighted by Gasteiger charge is -2.09. The minimum atomic E-state index is 0.569. The molecule has 0 spiro atoms. The Labute approximate surface area is 199 Å². The number of hydrogen-bond acceptors (Lipinski definition) is 6. The summed E-state index contributed by atoms with van der Waals surface area (Å²) in [5.41, 5.74) is 3.51. The summed E-state index contributed by atoms with van der Waals surface area (Å²) in [4.78, 5) is 5.73. The van der Waals surface area contributed by atoms with Crippen LogP contribution >= 0.6 is 11.3 Å². The SMILES string of the molecule is COc1ccc(CCNCc2ncc(-c3ccc(OCc4ccccc4)cc3)s2)cc1OC. The van der Waals surface area contributed by atoms with Crippen molar-refractivity contribution in [2.75, 3.05) is 20.8 Å². The Kier molecular flexibility index (Phi) is 7.95. The fraction of sp³-hybridized carbons (Fsp3) is 0.222. The van der Waals surface area contributed by atoms with Crippen LogP contribution in [0.3, 0.4) is 0 Å². The number of nitrogens with one attached hydrogen (secondary N) is 1. The van der Waals surface area contributed by atoms with Crippen LogP contribution in [0.2, 0.25) is 0 Å². The molecule has 5 nitrogen and oxygen atoms in total. The molecule has 1 N–H and O–H groups in total. The average Bonchev–Trinajstić information content (AvgIpc) is 3.35. The molecular formula is C27H28N2O3S. The topological polar surface area (TPSA) is 52.6 Å². The Morgan fingerprint density at radius 3 is 2.39 bits per heavy atom. The van der Waals surface area contributed by atoms with Crippen LogP contribution < -0.4 is 19.5 Å². The zero-order valence-corrected chi connectivity index (χ0v) is 19.7. The van der Waals surface area contributed by atoms with E-state index in [1.54, 1.807) is 25.6 Å². The monoisotopic (exact) mass is 460 g/mol. The summed E-state index contributed by atoms with van der Waals surface area (Å²) >= 11 is 1.71. The molecule has 0 aliphatic carbocycles. The third-order valence-corrected chi connectivity index (χ3v) is 6.30. The molecule has 33 heavy (non-hydrogen) atoms. The highest BCUT2D eigenvalue weighted by Gasteiger charge is 2.07. The summed E-state index contributed by atoms with van der Waals surface area (Å²) in [5.74, 6) is 2.38. The van der Waals surface area contributed by atoms with E-state index in [0.29, 0.717) is 6.61 Å². The van der Waals surface area contributed by atoms with Gasteiger partial charge in [-0.15, -0.1) is 11.3 Å². The zero-order chi connectivity index (χ0) is 22.9. The van der Waals surface area contributed by atoms with E-state index >= 15 is 0 Å². The first-order chi connectivity index (χ1) is 16.2. The standard InChI is InChI=1S/C27H28N2O3S/c1-30-24-13-8-20(16-25(24)31-2)14-15-28-18-27-29-17-26(33-27)22-9-11-23(12-10-22)32-19-21-6-4-3-5-7-21/h3-13,16-17,28H,14-15,18-19H2,1-2H3. The molecule has 0 atom stereocenters. The van der Waals surface area contributed by atoms with Gasteiger partial charge in [-0.2, -0.15) is 0 Å². The lowest BCUT2D eigenvalue weighted by Crippen LogP contribution is -2.16. The van der Waals surface area contributed by atoms with Crippen LogP contribution in [0.4, 0.5) is 0 Å². The van der Waals surface area contributed by atoms with Crippen molar-refractivity contribution in [3.8, 4) is 27.7 Å². The summed E-state index contributed by atoms with van der Waals surface area (Å²) in [5, 5.41) is 4.55. The van der Waals surface area contributed by atoms with Crippen LogP contribution in [0.1, 0.15) is 16.1 Å². The fourth-order valence-corrected chi connectivity index (χ4v) is 4.34. The van der Waals surface area contributed by atoms with E-state index < -0.39 is 0 Å². The molecular weight excluding hydrogens is 432 g/mol. The number of aromatic nitrogens is 1. The maximum absolute atomic E-state index is 5.88. The Hall–Kier alpha value is -3.35. The van der Waals surface area contributed by atoms with Crippen molar-refractivity contribution < 1.29 is 14.2 Å². The van der Waals surface area contributed by atoms with Gasteiger partial charge < -0.3 is 19.5 Å². The number of ether oxygens (including phenoxy) is 3. The van der Waals surface area contributed by atoms with Gasteiger partial charge >= 0.3 is 0 Å². The molecule has 0 bridgehead atoms. The van der Waals surface area contributed by atoms with Crippen LogP contribution in [0.25, 0.3) is 10.4 Å². The summed E-state index contributed by atoms with van der Waals surface area (Å²) < 4.78 is 16.6. The van der Waals surface area contributed by atoms with Crippen molar-refractivity contribution in [1.29, 1.82) is 0 Å². The number of nitrogens with zero attached hydrogens (tertiary/aromatic N) is 1. The summed E-state index contributed by atoms with van der Waals surface area (Å²) in [6.07, 6.45) is 2.85. The van der Waals surface area contributed by atoms with Gasteiger partial charge in [0.05, 0.1) is 19.1 Å². The summed E-state index contributed by atoms with van der Waals surface area (Å²) in [6, 6.07) is 24.4. The Morgan fingerprint density at radius 2 is 1.64 bits per heavy atom. The minimum Gasteiger partial charge on any atom is -0.493 e. The van der Waals surface area contributed by atoms with E-state index in [-0.39, 0.29) is 0 Å². The second-order valence-electron chi connectivity index (χ2n) is 7.53. The van der Waals surface area contributed by atoms with Crippen molar-refractivity contribution in [3.05, 3.63) is 95.1 Å². The van der Waals surface area contributed by atoms with Gasteiger partial charge in [-0.05, 0) is 66.1 Å². The molecule has 0 amide bonds. The molecule has 1 aromatic heterocycles. The smallest absolute Gasteiger partial charge is 0.160 e. The van der Waals surface area contributed by atoms with Gasteiger partial charge in [-0.25, -0.2) is 4.98 Å². The molecule has 0 saturated heterocycles. The van der Waals surface area contributed by atoms with Crippen LogP contribution in [0.5, 0.6) is 17.2 Å². The van der Waals surface area contributed by atoms with E-state index in [2.05, 4.69) is 40.6 Å². The van der Waals surface area contributed by atoms with Crippen molar-refractivity contribution in [3.63, 3.8) is 0 Å². The number of rotatable bonds is 11. The van der Waals surface area contributed by atoms with Crippen LogP contribution in [-0.4, -0.2) is 25.7 Å². The zero-order valence-electron chi connectivity index (χ0n) is 18.9. The molecule has 0 fully saturated rings. The van der Waals surface area contributed by atoms with Crippen molar-refractivity contribution in [2.24, 2.45) is 0 Å². The van der Waals surface area contributed by atoms with Gasteiger partial charge in [0.2, 0.25) is 0 Å². The predicted molar refractivity (Wildman–Crippen MR) is 133 cm³/mol. The normalized spacial score (nSPS) is 10.7. The molecule has 0 aliphatic rings. The van der Waals surface area contributed by atoms with Crippen molar-refractivity contribution >= 4 is 11.3 Å². The summed E-state index contributed by atoms with van der Waals surface area (Å²) in [7, 11) is 3.31. The number of methoxy groups -OCH3 is 2. The molecule has 0 saturated carbocycles. The van der Waals surface area contributed by atoms with E-state index in [9.17, 15) is 0 Å². The van der Waals surface area contributed by atoms with Crippen LogP contribution in [0, 0.1) is 0 Å². The van der Waals surface area contributed by atoms with Gasteiger partial charge in [-0.3, -0.25) is 0 Å². The maximum Gasteiger partial charge on any atom is 0.160 e. The van der Waals surface area contributed by atoms with E-state index in [0.717, 1.165) is 57.8 Å². The third kappa shape index (κ3) is 6.34. The number of benzene rings is 3.